The van der Waals surface area contributed by atoms with E-state index in [1.165, 1.54) is 22.6 Å². The number of nitriles is 1. The van der Waals surface area contributed by atoms with Crippen LogP contribution in [0.25, 0.3) is 10.2 Å². The Hall–Kier alpha value is -2.69. The number of hydrogen-bond donors (Lipinski definition) is 1. The Labute approximate surface area is 181 Å². The molecule has 0 unspecified atom stereocenters. The van der Waals surface area contributed by atoms with Crippen LogP contribution in [0.2, 0.25) is 0 Å². The number of ether oxygens (including phenoxy) is 2. The van der Waals surface area contributed by atoms with Crippen LogP contribution >= 0.6 is 11.3 Å². The average Bonchev–Trinajstić information content (AvgIpc) is 3.03. The molecule has 2 aromatic heterocycles. The largest absolute Gasteiger partial charge is 0.493 e. The van der Waals surface area contributed by atoms with E-state index in [2.05, 4.69) is 26.8 Å². The lowest BCUT2D eigenvalue weighted by Gasteiger charge is -2.26. The molecule has 0 atom stereocenters. The summed E-state index contributed by atoms with van der Waals surface area (Å²) >= 11 is 1.68. The van der Waals surface area contributed by atoms with Crippen molar-refractivity contribution >= 4 is 21.6 Å². The molecular weight excluding hydrogens is 396 g/mol. The number of methoxy groups -OCH3 is 1. The zero-order chi connectivity index (χ0) is 21.3. The van der Waals surface area contributed by atoms with Crippen LogP contribution in [0.3, 0.4) is 0 Å². The molecule has 30 heavy (non-hydrogen) atoms. The zero-order valence-corrected chi connectivity index (χ0v) is 18.7. The van der Waals surface area contributed by atoms with Crippen molar-refractivity contribution in [3.8, 4) is 23.4 Å². The van der Waals surface area contributed by atoms with Crippen molar-refractivity contribution in [3.63, 3.8) is 0 Å². The zero-order valence-electron chi connectivity index (χ0n) is 17.9. The highest BCUT2D eigenvalue weighted by Crippen LogP contribution is 2.39. The first-order valence-corrected chi connectivity index (χ1v) is 11.2. The Kier molecular flexibility index (Phi) is 5.89. The van der Waals surface area contributed by atoms with Gasteiger partial charge in [0.1, 0.15) is 11.4 Å². The van der Waals surface area contributed by atoms with Crippen LogP contribution in [-0.4, -0.2) is 30.2 Å². The molecule has 3 aromatic rings. The van der Waals surface area contributed by atoms with Gasteiger partial charge in [0.05, 0.1) is 37.2 Å². The number of nitrogens with one attached hydrogen (secondary N) is 1. The van der Waals surface area contributed by atoms with Crippen LogP contribution < -0.4 is 14.4 Å². The standard InChI is InChI=1S/C23H26N4O2S/c1-14-7-9-27(10-8-14)13-20-25-22(21-15(2)16(3)30-23(21)26-20)29-18-6-5-17(12-24)11-19(18)28-4/h5-6,11,14H,7-10,13H2,1-4H3/p+1. The number of thiophene rings is 1. The molecule has 6 nitrogen and oxygen atoms in total. The summed E-state index contributed by atoms with van der Waals surface area (Å²) in [7, 11) is 1.57. The minimum absolute atomic E-state index is 0.516. The number of rotatable bonds is 5. The number of hydrogen-bond acceptors (Lipinski definition) is 6. The predicted octanol–water partition coefficient (Wildman–Crippen LogP) is 3.80. The van der Waals surface area contributed by atoms with Crippen molar-refractivity contribution < 1.29 is 14.4 Å². The molecule has 7 heteroatoms. The second-order valence-corrected chi connectivity index (χ2v) is 9.30. The Morgan fingerprint density at radius 2 is 1.97 bits per heavy atom. The summed E-state index contributed by atoms with van der Waals surface area (Å²) in [6, 6.07) is 7.30. The molecule has 0 bridgehead atoms. The number of fused-ring (bicyclic) bond motifs is 1. The van der Waals surface area contributed by atoms with Crippen molar-refractivity contribution in [3.05, 3.63) is 40.0 Å². The number of aromatic nitrogens is 2. The maximum Gasteiger partial charge on any atom is 0.232 e. The molecule has 1 saturated heterocycles. The van der Waals surface area contributed by atoms with E-state index in [9.17, 15) is 0 Å². The van der Waals surface area contributed by atoms with Crippen molar-refractivity contribution in [2.75, 3.05) is 20.2 Å². The molecule has 0 spiro atoms. The van der Waals surface area contributed by atoms with Gasteiger partial charge in [0.2, 0.25) is 5.88 Å². The third kappa shape index (κ3) is 4.11. The summed E-state index contributed by atoms with van der Waals surface area (Å²) in [5.41, 5.74) is 1.67. The topological polar surface area (TPSA) is 72.5 Å². The van der Waals surface area contributed by atoms with Gasteiger partial charge in [-0.15, -0.1) is 11.3 Å². The van der Waals surface area contributed by atoms with Crippen molar-refractivity contribution in [2.45, 2.75) is 40.2 Å². The number of likely N-dealkylation sites (tertiary alicyclic amines) is 1. The van der Waals surface area contributed by atoms with E-state index >= 15 is 0 Å². The molecule has 0 radical (unpaired) electrons. The number of quaternary nitrogens is 1. The van der Waals surface area contributed by atoms with E-state index in [1.807, 2.05) is 0 Å². The third-order valence-electron chi connectivity index (χ3n) is 5.93. The van der Waals surface area contributed by atoms with Gasteiger partial charge < -0.3 is 14.4 Å². The van der Waals surface area contributed by atoms with Gasteiger partial charge in [0.15, 0.2) is 17.3 Å². The maximum absolute atomic E-state index is 9.16. The molecule has 4 rings (SSSR count). The maximum atomic E-state index is 9.16. The molecule has 156 valence electrons. The molecule has 1 aliphatic heterocycles. The molecule has 0 saturated carbocycles. The van der Waals surface area contributed by atoms with E-state index in [0.717, 1.165) is 47.2 Å². The first kappa shape index (κ1) is 20.6. The summed E-state index contributed by atoms with van der Waals surface area (Å²) in [6.07, 6.45) is 2.50. The van der Waals surface area contributed by atoms with Crippen molar-refractivity contribution in [1.29, 1.82) is 5.26 Å². The molecular formula is C23H27N4O2S+. The second kappa shape index (κ2) is 8.58. The lowest BCUT2D eigenvalue weighted by Crippen LogP contribution is -3.11. The summed E-state index contributed by atoms with van der Waals surface area (Å²) in [6.45, 7) is 9.63. The van der Waals surface area contributed by atoms with Gasteiger partial charge >= 0.3 is 0 Å². The van der Waals surface area contributed by atoms with Gasteiger partial charge in [-0.3, -0.25) is 0 Å². The van der Waals surface area contributed by atoms with Gasteiger partial charge in [-0.25, -0.2) is 4.98 Å². The number of benzene rings is 1. The van der Waals surface area contributed by atoms with E-state index in [0.29, 0.717) is 22.9 Å². The predicted molar refractivity (Wildman–Crippen MR) is 117 cm³/mol. The number of nitrogens with zero attached hydrogens (tertiary/aromatic N) is 3. The normalized spacial score (nSPS) is 18.9. The molecule has 1 N–H and O–H groups in total. The fourth-order valence-electron chi connectivity index (χ4n) is 3.90. The summed E-state index contributed by atoms with van der Waals surface area (Å²) in [5, 5.41) is 10.1. The molecule has 1 aromatic carbocycles. The summed E-state index contributed by atoms with van der Waals surface area (Å²) in [4.78, 5) is 13.4. The molecule has 1 fully saturated rings. The highest BCUT2D eigenvalue weighted by atomic mass is 32.1. The smallest absolute Gasteiger partial charge is 0.232 e. The van der Waals surface area contributed by atoms with Gasteiger partial charge in [-0.1, -0.05) is 6.92 Å². The number of aryl methyl sites for hydroxylation is 2. The van der Waals surface area contributed by atoms with Crippen molar-refractivity contribution in [2.24, 2.45) is 5.92 Å². The first-order chi connectivity index (χ1) is 14.5. The Morgan fingerprint density at radius 3 is 2.67 bits per heavy atom. The molecule has 0 aliphatic carbocycles. The Balaban J connectivity index is 1.71. The van der Waals surface area contributed by atoms with Gasteiger partial charge in [-0.2, -0.15) is 10.2 Å². The fourth-order valence-corrected chi connectivity index (χ4v) is 4.94. The molecule has 0 amide bonds. The second-order valence-electron chi connectivity index (χ2n) is 8.10. The minimum atomic E-state index is 0.516. The van der Waals surface area contributed by atoms with Gasteiger partial charge in [0, 0.05) is 10.9 Å². The minimum Gasteiger partial charge on any atom is -0.493 e. The van der Waals surface area contributed by atoms with Gasteiger partial charge in [0.25, 0.3) is 0 Å². The van der Waals surface area contributed by atoms with Crippen LogP contribution in [0.4, 0.5) is 0 Å². The third-order valence-corrected chi connectivity index (χ3v) is 7.03. The Morgan fingerprint density at radius 1 is 1.20 bits per heavy atom. The van der Waals surface area contributed by atoms with E-state index in [1.54, 1.807) is 36.6 Å². The van der Waals surface area contributed by atoms with Crippen LogP contribution in [0, 0.1) is 31.1 Å². The van der Waals surface area contributed by atoms with E-state index in [-0.39, 0.29) is 0 Å². The highest BCUT2D eigenvalue weighted by Gasteiger charge is 2.23. The van der Waals surface area contributed by atoms with Crippen LogP contribution in [-0.2, 0) is 6.54 Å². The highest BCUT2D eigenvalue weighted by molar-refractivity contribution is 7.18. The van der Waals surface area contributed by atoms with Gasteiger partial charge in [-0.05, 0) is 50.3 Å². The quantitative estimate of drug-likeness (QED) is 0.676. The van der Waals surface area contributed by atoms with Crippen molar-refractivity contribution in [1.82, 2.24) is 9.97 Å². The molecule has 1 aliphatic rings. The van der Waals surface area contributed by atoms with Crippen LogP contribution in [0.1, 0.15) is 41.6 Å². The molecule has 3 heterocycles. The summed E-state index contributed by atoms with van der Waals surface area (Å²) in [5.74, 6) is 3.25. The van der Waals surface area contributed by atoms with E-state index in [4.69, 9.17) is 24.7 Å². The number of piperidine rings is 1. The SMILES string of the molecule is COc1cc(C#N)ccc1Oc1nc(C[NH+]2CCC(C)CC2)nc2sc(C)c(C)c12. The fraction of sp³-hybridized carbons (Fsp3) is 0.435. The Bertz CT molecular complexity index is 1110. The van der Waals surface area contributed by atoms with E-state index < -0.39 is 0 Å². The first-order valence-electron chi connectivity index (χ1n) is 10.3. The average molecular weight is 424 g/mol. The lowest BCUT2D eigenvalue weighted by molar-refractivity contribution is -0.920. The summed E-state index contributed by atoms with van der Waals surface area (Å²) < 4.78 is 11.7. The lowest BCUT2D eigenvalue weighted by atomic mass is 9.99. The van der Waals surface area contributed by atoms with Crippen LogP contribution in [0.5, 0.6) is 17.4 Å². The monoisotopic (exact) mass is 423 g/mol. The van der Waals surface area contributed by atoms with Crippen LogP contribution in [0.15, 0.2) is 18.2 Å².